The lowest BCUT2D eigenvalue weighted by atomic mass is 9.69. The van der Waals surface area contributed by atoms with Gasteiger partial charge in [-0.25, -0.2) is 0 Å². The van der Waals surface area contributed by atoms with Crippen molar-refractivity contribution in [3.63, 3.8) is 0 Å². The number of carbonyl (C=O) groups is 1. The lowest BCUT2D eigenvalue weighted by Crippen LogP contribution is -2.58. The van der Waals surface area contributed by atoms with Crippen molar-refractivity contribution in [3.05, 3.63) is 29.3 Å². The van der Waals surface area contributed by atoms with Gasteiger partial charge in [-0.15, -0.1) is 0 Å². The van der Waals surface area contributed by atoms with E-state index in [2.05, 4.69) is 33.8 Å². The summed E-state index contributed by atoms with van der Waals surface area (Å²) in [6, 6.07) is 5.94. The van der Waals surface area contributed by atoms with E-state index in [1.54, 1.807) is 0 Å². The van der Waals surface area contributed by atoms with Gasteiger partial charge in [0.25, 0.3) is 0 Å². The average molecular weight is 272 g/mol. The third-order valence-corrected chi connectivity index (χ3v) is 4.95. The summed E-state index contributed by atoms with van der Waals surface area (Å²) >= 11 is 0. The molecule has 3 rings (SSSR count). The Bertz CT molecular complexity index is 563. The van der Waals surface area contributed by atoms with E-state index in [0.717, 1.165) is 23.0 Å². The highest BCUT2D eigenvalue weighted by Gasteiger charge is 2.47. The summed E-state index contributed by atoms with van der Waals surface area (Å²) in [5.74, 6) is 0.249. The summed E-state index contributed by atoms with van der Waals surface area (Å²) in [4.78, 5) is 11.7. The van der Waals surface area contributed by atoms with E-state index in [4.69, 9.17) is 9.31 Å². The SMILES string of the molecule is CC1(C)COB(c2ccc3c(c2)CCC3=O)OC1(C)C. The molecule has 0 amide bonds. The predicted molar refractivity (Wildman–Crippen MR) is 79.4 cm³/mol. The van der Waals surface area contributed by atoms with Crippen LogP contribution in [0.4, 0.5) is 0 Å². The largest absolute Gasteiger partial charge is 0.494 e. The van der Waals surface area contributed by atoms with Crippen LogP contribution in [0, 0.1) is 5.41 Å². The Labute approximate surface area is 120 Å². The highest BCUT2D eigenvalue weighted by molar-refractivity contribution is 6.61. The van der Waals surface area contributed by atoms with Crippen LogP contribution in [-0.2, 0) is 15.7 Å². The molecule has 1 aliphatic heterocycles. The van der Waals surface area contributed by atoms with E-state index in [1.807, 2.05) is 12.1 Å². The van der Waals surface area contributed by atoms with Crippen LogP contribution >= 0.6 is 0 Å². The van der Waals surface area contributed by atoms with Gasteiger partial charge in [0.15, 0.2) is 5.78 Å². The van der Waals surface area contributed by atoms with Gasteiger partial charge in [0, 0.05) is 24.0 Å². The normalized spacial score (nSPS) is 23.8. The molecule has 1 heterocycles. The number of Topliss-reactive ketones (excluding diaryl/α,β-unsaturated/α-hetero) is 1. The van der Waals surface area contributed by atoms with Crippen LogP contribution in [0.15, 0.2) is 18.2 Å². The predicted octanol–water partition coefficient (Wildman–Crippen LogP) is 2.36. The second-order valence-electron chi connectivity index (χ2n) is 6.99. The highest BCUT2D eigenvalue weighted by Crippen LogP contribution is 2.38. The fourth-order valence-corrected chi connectivity index (χ4v) is 2.71. The van der Waals surface area contributed by atoms with Crippen LogP contribution in [0.1, 0.15) is 50.0 Å². The van der Waals surface area contributed by atoms with Gasteiger partial charge < -0.3 is 9.31 Å². The summed E-state index contributed by atoms with van der Waals surface area (Å²) in [6.45, 7) is 9.20. The summed E-state index contributed by atoms with van der Waals surface area (Å²) in [6.07, 6.45) is 1.47. The molecule has 0 spiro atoms. The number of ketones is 1. The monoisotopic (exact) mass is 272 g/mol. The zero-order chi connectivity index (χ0) is 14.5. The van der Waals surface area contributed by atoms with Gasteiger partial charge in [0.2, 0.25) is 0 Å². The Morgan fingerprint density at radius 2 is 1.90 bits per heavy atom. The minimum atomic E-state index is -0.334. The first-order valence-corrected chi connectivity index (χ1v) is 7.26. The number of carbonyl (C=O) groups excluding carboxylic acids is 1. The van der Waals surface area contributed by atoms with Crippen molar-refractivity contribution in [3.8, 4) is 0 Å². The molecule has 0 aromatic heterocycles. The molecule has 1 aliphatic carbocycles. The minimum Gasteiger partial charge on any atom is -0.407 e. The van der Waals surface area contributed by atoms with E-state index in [0.29, 0.717) is 13.0 Å². The van der Waals surface area contributed by atoms with E-state index < -0.39 is 0 Å². The number of benzene rings is 1. The van der Waals surface area contributed by atoms with E-state index in [1.165, 1.54) is 0 Å². The van der Waals surface area contributed by atoms with Gasteiger partial charge in [0.1, 0.15) is 0 Å². The Balaban J connectivity index is 1.87. The van der Waals surface area contributed by atoms with Crippen LogP contribution in [0.5, 0.6) is 0 Å². The molecule has 3 nitrogen and oxygen atoms in total. The smallest absolute Gasteiger partial charge is 0.407 e. The maximum atomic E-state index is 11.7. The Kier molecular flexibility index (Phi) is 3.07. The first kappa shape index (κ1) is 13.8. The maximum Gasteiger partial charge on any atom is 0.494 e. The third-order valence-electron chi connectivity index (χ3n) is 4.95. The summed E-state index contributed by atoms with van der Waals surface area (Å²) in [7, 11) is -0.334. The fraction of sp³-hybridized carbons (Fsp3) is 0.562. The molecule has 2 aliphatic rings. The molecule has 1 aromatic carbocycles. The number of hydrogen-bond donors (Lipinski definition) is 0. The Hall–Kier alpha value is -1.13. The summed E-state index contributed by atoms with van der Waals surface area (Å²) in [5.41, 5.74) is 2.74. The molecule has 0 saturated carbocycles. The van der Waals surface area contributed by atoms with Gasteiger partial charge in [-0.05, 0) is 31.3 Å². The van der Waals surface area contributed by atoms with E-state index in [-0.39, 0.29) is 23.9 Å². The van der Waals surface area contributed by atoms with Gasteiger partial charge >= 0.3 is 7.12 Å². The molecule has 0 radical (unpaired) electrons. The zero-order valence-corrected chi connectivity index (χ0v) is 12.7. The van der Waals surface area contributed by atoms with Crippen LogP contribution in [0.3, 0.4) is 0 Å². The van der Waals surface area contributed by atoms with Crippen LogP contribution in [-0.4, -0.2) is 25.1 Å². The van der Waals surface area contributed by atoms with Crippen molar-refractivity contribution in [1.29, 1.82) is 0 Å². The molecule has 1 fully saturated rings. The zero-order valence-electron chi connectivity index (χ0n) is 12.7. The standard InChI is InChI=1S/C16H21BO3/c1-15(2)10-19-17(20-16(15,3)4)12-6-7-13-11(9-12)5-8-14(13)18/h6-7,9H,5,8,10H2,1-4H3. The molecule has 0 N–H and O–H groups in total. The topological polar surface area (TPSA) is 35.5 Å². The van der Waals surface area contributed by atoms with Crippen molar-refractivity contribution in [2.24, 2.45) is 5.41 Å². The lowest BCUT2D eigenvalue weighted by molar-refractivity contribution is -0.0937. The first-order chi connectivity index (χ1) is 9.30. The summed E-state index contributed by atoms with van der Waals surface area (Å²) < 4.78 is 12.0. The van der Waals surface area contributed by atoms with Crippen LogP contribution in [0.2, 0.25) is 0 Å². The molecule has 0 bridgehead atoms. The first-order valence-electron chi connectivity index (χ1n) is 7.26. The quantitative estimate of drug-likeness (QED) is 0.736. The number of aryl methyl sites for hydroxylation is 1. The third kappa shape index (κ3) is 2.11. The molecule has 106 valence electrons. The number of fused-ring (bicyclic) bond motifs is 1. The van der Waals surface area contributed by atoms with Crippen molar-refractivity contribution < 1.29 is 14.1 Å². The fourth-order valence-electron chi connectivity index (χ4n) is 2.71. The van der Waals surface area contributed by atoms with Crippen molar-refractivity contribution in [2.75, 3.05) is 6.61 Å². The van der Waals surface area contributed by atoms with Crippen LogP contribution < -0.4 is 5.46 Å². The molecular weight excluding hydrogens is 251 g/mol. The molecule has 0 atom stereocenters. The number of rotatable bonds is 1. The molecule has 20 heavy (non-hydrogen) atoms. The highest BCUT2D eigenvalue weighted by atomic mass is 16.6. The molecule has 1 saturated heterocycles. The van der Waals surface area contributed by atoms with Crippen molar-refractivity contribution in [1.82, 2.24) is 0 Å². The van der Waals surface area contributed by atoms with Gasteiger partial charge in [-0.3, -0.25) is 4.79 Å². The van der Waals surface area contributed by atoms with Gasteiger partial charge in [0.05, 0.1) is 5.60 Å². The van der Waals surface area contributed by atoms with E-state index >= 15 is 0 Å². The lowest BCUT2D eigenvalue weighted by Gasteiger charge is -2.47. The van der Waals surface area contributed by atoms with Crippen LogP contribution in [0.25, 0.3) is 0 Å². The van der Waals surface area contributed by atoms with E-state index in [9.17, 15) is 4.79 Å². The second kappa shape index (κ2) is 4.44. The molecule has 0 unspecified atom stereocenters. The Morgan fingerprint density at radius 3 is 2.60 bits per heavy atom. The number of hydrogen-bond acceptors (Lipinski definition) is 3. The minimum absolute atomic E-state index is 0.0177. The van der Waals surface area contributed by atoms with Crippen molar-refractivity contribution >= 4 is 18.4 Å². The maximum absolute atomic E-state index is 11.7. The Morgan fingerprint density at radius 1 is 1.15 bits per heavy atom. The second-order valence-corrected chi connectivity index (χ2v) is 6.99. The molecular formula is C16H21BO3. The summed E-state index contributed by atoms with van der Waals surface area (Å²) in [5, 5.41) is 0. The average Bonchev–Trinajstić information content (AvgIpc) is 2.74. The van der Waals surface area contributed by atoms with Gasteiger partial charge in [-0.2, -0.15) is 0 Å². The van der Waals surface area contributed by atoms with Gasteiger partial charge in [-0.1, -0.05) is 32.0 Å². The molecule has 1 aromatic rings. The van der Waals surface area contributed by atoms with Crippen molar-refractivity contribution in [2.45, 2.75) is 46.1 Å². The molecule has 4 heteroatoms.